The maximum Gasteiger partial charge on any atom is 0.216 e. The van der Waals surface area contributed by atoms with Gasteiger partial charge in [-0.2, -0.15) is 9.83 Å². The minimum absolute atomic E-state index is 0.253. The number of pyridine rings is 1. The molecule has 6 heteroatoms. The molecular formula is C18H17FN3OS+. The first kappa shape index (κ1) is 16.5. The van der Waals surface area contributed by atoms with Gasteiger partial charge >= 0.3 is 0 Å². The van der Waals surface area contributed by atoms with Crippen LogP contribution in [-0.2, 0) is 0 Å². The molecule has 3 atom stereocenters. The highest BCUT2D eigenvalue weighted by molar-refractivity contribution is 7.84. The Morgan fingerprint density at radius 1 is 1.25 bits per heavy atom. The second-order valence-electron chi connectivity index (χ2n) is 5.91. The Morgan fingerprint density at radius 3 is 2.54 bits per heavy atom. The smallest absolute Gasteiger partial charge is 0.216 e. The number of aliphatic hydroxyl groups is 1. The van der Waals surface area contributed by atoms with Gasteiger partial charge < -0.3 is 10.4 Å². The normalized spacial score (nSPS) is 26.6. The van der Waals surface area contributed by atoms with Crippen LogP contribution in [0.2, 0.25) is 0 Å². The van der Waals surface area contributed by atoms with E-state index in [1.54, 1.807) is 42.1 Å². The molecule has 122 valence electrons. The number of aromatic nitrogens is 1. The molecule has 0 amide bonds. The van der Waals surface area contributed by atoms with Gasteiger partial charge in [0.25, 0.3) is 0 Å². The lowest BCUT2D eigenvalue weighted by molar-refractivity contribution is -0.741. The van der Waals surface area contributed by atoms with Crippen LogP contribution in [0.3, 0.4) is 0 Å². The Labute approximate surface area is 145 Å². The molecule has 1 aliphatic rings. The first-order chi connectivity index (χ1) is 11.5. The van der Waals surface area contributed by atoms with E-state index < -0.39 is 23.5 Å². The summed E-state index contributed by atoms with van der Waals surface area (Å²) in [6.07, 6.45) is 3.57. The summed E-state index contributed by atoms with van der Waals surface area (Å²) in [6.45, 7) is 1.59. The van der Waals surface area contributed by atoms with Crippen molar-refractivity contribution in [1.29, 1.82) is 5.26 Å². The highest BCUT2D eigenvalue weighted by Gasteiger charge is 2.52. The number of hydrogen-bond donors (Lipinski definition) is 3. The monoisotopic (exact) mass is 342 g/mol. The number of nitrogens with one attached hydrogen (secondary N) is 1. The SMILES string of the molecule is C[C@]1(O)NC(S)=C(C#N)[C@H](c2ccccc2F)[C@H]1[n+]1ccccc1. The lowest BCUT2D eigenvalue weighted by Crippen LogP contribution is -2.62. The van der Waals surface area contributed by atoms with Crippen molar-refractivity contribution in [3.8, 4) is 6.07 Å². The van der Waals surface area contributed by atoms with Crippen LogP contribution in [-0.4, -0.2) is 10.8 Å². The molecule has 0 unspecified atom stereocenters. The summed E-state index contributed by atoms with van der Waals surface area (Å²) in [6, 6.07) is 13.3. The molecule has 0 spiro atoms. The number of hydrogen-bond acceptors (Lipinski definition) is 4. The molecule has 1 aromatic heterocycles. The molecular weight excluding hydrogens is 325 g/mol. The van der Waals surface area contributed by atoms with E-state index in [0.717, 1.165) is 0 Å². The van der Waals surface area contributed by atoms with Gasteiger partial charge in [0, 0.05) is 17.7 Å². The zero-order chi connectivity index (χ0) is 17.3. The molecule has 2 N–H and O–H groups in total. The van der Waals surface area contributed by atoms with Crippen LogP contribution in [0.25, 0.3) is 0 Å². The summed E-state index contributed by atoms with van der Waals surface area (Å²) in [4.78, 5) is 0. The summed E-state index contributed by atoms with van der Waals surface area (Å²) in [5.41, 5.74) is -0.781. The van der Waals surface area contributed by atoms with Crippen LogP contribution in [0, 0.1) is 17.1 Å². The predicted octanol–water partition coefficient (Wildman–Crippen LogP) is 2.41. The quantitative estimate of drug-likeness (QED) is 0.580. The molecule has 0 saturated carbocycles. The summed E-state index contributed by atoms with van der Waals surface area (Å²) in [7, 11) is 0. The number of allylic oxidation sites excluding steroid dienone is 1. The van der Waals surface area contributed by atoms with Gasteiger partial charge in [-0.25, -0.2) is 4.39 Å². The Bertz CT molecular complexity index is 830. The van der Waals surface area contributed by atoms with E-state index in [1.165, 1.54) is 6.07 Å². The highest BCUT2D eigenvalue weighted by atomic mass is 32.1. The summed E-state index contributed by atoms with van der Waals surface area (Å²) in [5, 5.41) is 23.7. The second kappa shape index (κ2) is 6.27. The van der Waals surface area contributed by atoms with Crippen LogP contribution in [0.4, 0.5) is 4.39 Å². The molecule has 0 aliphatic carbocycles. The number of benzene rings is 1. The molecule has 0 saturated heterocycles. The summed E-state index contributed by atoms with van der Waals surface area (Å²) >= 11 is 4.30. The molecule has 24 heavy (non-hydrogen) atoms. The van der Waals surface area contributed by atoms with Crippen molar-refractivity contribution in [1.82, 2.24) is 5.32 Å². The topological polar surface area (TPSA) is 59.9 Å². The van der Waals surface area contributed by atoms with Crippen LogP contribution in [0.1, 0.15) is 24.4 Å². The first-order valence-electron chi connectivity index (χ1n) is 7.49. The lowest BCUT2D eigenvalue weighted by Gasteiger charge is -2.39. The summed E-state index contributed by atoms with van der Waals surface area (Å²) in [5.74, 6) is -1.09. The zero-order valence-corrected chi connectivity index (χ0v) is 13.9. The van der Waals surface area contributed by atoms with Crippen molar-refractivity contribution in [3.05, 3.63) is 76.8 Å². The average molecular weight is 342 g/mol. The van der Waals surface area contributed by atoms with Crippen LogP contribution in [0.15, 0.2) is 65.5 Å². The van der Waals surface area contributed by atoms with Crippen molar-refractivity contribution in [3.63, 3.8) is 0 Å². The zero-order valence-electron chi connectivity index (χ0n) is 13.0. The first-order valence-corrected chi connectivity index (χ1v) is 7.94. The number of nitriles is 1. The lowest BCUT2D eigenvalue weighted by atomic mass is 9.78. The molecule has 4 nitrogen and oxygen atoms in total. The molecule has 0 radical (unpaired) electrons. The third kappa shape index (κ3) is 2.77. The average Bonchev–Trinajstić information content (AvgIpc) is 2.55. The number of thiol groups is 1. The van der Waals surface area contributed by atoms with Gasteiger partial charge in [-0.15, -0.1) is 12.6 Å². The molecule has 3 rings (SSSR count). The van der Waals surface area contributed by atoms with Crippen molar-refractivity contribution < 1.29 is 14.1 Å². The third-order valence-corrected chi connectivity index (χ3v) is 4.60. The van der Waals surface area contributed by atoms with Crippen LogP contribution < -0.4 is 9.88 Å². The highest BCUT2D eigenvalue weighted by Crippen LogP contribution is 2.43. The molecule has 1 aliphatic heterocycles. The van der Waals surface area contributed by atoms with Gasteiger partial charge in [-0.3, -0.25) is 0 Å². The van der Waals surface area contributed by atoms with E-state index in [9.17, 15) is 14.8 Å². The maximum atomic E-state index is 14.5. The van der Waals surface area contributed by atoms with Gasteiger partial charge in [0.2, 0.25) is 6.04 Å². The van der Waals surface area contributed by atoms with Crippen LogP contribution in [0.5, 0.6) is 0 Å². The van der Waals surface area contributed by atoms with E-state index >= 15 is 0 Å². The largest absolute Gasteiger partial charge is 0.366 e. The Kier molecular flexibility index (Phi) is 4.31. The van der Waals surface area contributed by atoms with Crippen molar-refractivity contribution in [2.45, 2.75) is 24.6 Å². The Balaban J connectivity index is 2.27. The number of halogens is 1. The van der Waals surface area contributed by atoms with E-state index in [4.69, 9.17) is 0 Å². The van der Waals surface area contributed by atoms with Gasteiger partial charge in [-0.1, -0.05) is 24.3 Å². The van der Waals surface area contributed by atoms with Gasteiger partial charge in [0.15, 0.2) is 18.1 Å². The van der Waals surface area contributed by atoms with Crippen molar-refractivity contribution in [2.75, 3.05) is 0 Å². The molecule has 0 fully saturated rings. The molecule has 0 bridgehead atoms. The fraction of sp³-hybridized carbons (Fsp3) is 0.222. The number of nitrogens with zero attached hydrogens (tertiary/aromatic N) is 2. The molecule has 2 aromatic rings. The predicted molar refractivity (Wildman–Crippen MR) is 90.2 cm³/mol. The van der Waals surface area contributed by atoms with Crippen molar-refractivity contribution >= 4 is 12.6 Å². The Morgan fingerprint density at radius 2 is 1.92 bits per heavy atom. The summed E-state index contributed by atoms with van der Waals surface area (Å²) < 4.78 is 16.3. The van der Waals surface area contributed by atoms with Gasteiger partial charge in [-0.05, 0) is 13.0 Å². The minimum atomic E-state index is -1.42. The standard InChI is InChI=1S/C18H16FN3OS/c1-18(23)16(22-9-5-2-6-10-22)15(13(11-20)17(24)21-18)12-7-3-4-8-14(12)19/h2-10,15-16,21,23H,1H3/p+1/t15-,16+,18+/m0/s1. The molecule has 1 aromatic carbocycles. The number of rotatable bonds is 2. The third-order valence-electron chi connectivity index (χ3n) is 4.25. The van der Waals surface area contributed by atoms with Gasteiger partial charge in [0.05, 0.1) is 22.6 Å². The Hall–Kier alpha value is -2.36. The van der Waals surface area contributed by atoms with Crippen LogP contribution >= 0.6 is 12.6 Å². The van der Waals surface area contributed by atoms with Gasteiger partial charge in [0.1, 0.15) is 5.82 Å². The fourth-order valence-electron chi connectivity index (χ4n) is 3.25. The fourth-order valence-corrected chi connectivity index (χ4v) is 3.66. The van der Waals surface area contributed by atoms with E-state index in [-0.39, 0.29) is 10.6 Å². The van der Waals surface area contributed by atoms with Crippen molar-refractivity contribution in [2.24, 2.45) is 0 Å². The van der Waals surface area contributed by atoms with E-state index in [1.807, 2.05) is 18.2 Å². The second-order valence-corrected chi connectivity index (χ2v) is 6.36. The van der Waals surface area contributed by atoms with E-state index in [2.05, 4.69) is 24.0 Å². The minimum Gasteiger partial charge on any atom is -0.366 e. The molecule has 2 heterocycles. The van der Waals surface area contributed by atoms with E-state index in [0.29, 0.717) is 5.56 Å². The maximum absolute atomic E-state index is 14.5.